The van der Waals surface area contributed by atoms with Gasteiger partial charge in [0.15, 0.2) is 0 Å². The summed E-state index contributed by atoms with van der Waals surface area (Å²) in [6.07, 6.45) is 3.51. The molecule has 1 aliphatic heterocycles. The number of piperidine rings is 1. The van der Waals surface area contributed by atoms with Crippen molar-refractivity contribution in [3.63, 3.8) is 0 Å². The summed E-state index contributed by atoms with van der Waals surface area (Å²) in [5.41, 5.74) is 2.16. The molecule has 0 saturated carbocycles. The van der Waals surface area contributed by atoms with Crippen LogP contribution in [0.5, 0.6) is 0 Å². The van der Waals surface area contributed by atoms with Gasteiger partial charge in [0.2, 0.25) is 11.7 Å². The lowest BCUT2D eigenvalue weighted by Crippen LogP contribution is -2.26. The Labute approximate surface area is 120 Å². The lowest BCUT2D eigenvalue weighted by molar-refractivity contribution is 0.297. The van der Waals surface area contributed by atoms with Crippen LogP contribution in [0.3, 0.4) is 0 Å². The minimum absolute atomic E-state index is 0.214. The van der Waals surface area contributed by atoms with E-state index in [1.807, 2.05) is 12.1 Å². The zero-order valence-corrected chi connectivity index (χ0v) is 12.4. The third-order valence-electron chi connectivity index (χ3n) is 3.48. The second-order valence-electron chi connectivity index (χ2n) is 4.92. The highest BCUT2D eigenvalue weighted by Crippen LogP contribution is 2.27. The summed E-state index contributed by atoms with van der Waals surface area (Å²) < 4.78 is 6.47. The molecule has 2 aromatic rings. The van der Waals surface area contributed by atoms with Crippen molar-refractivity contribution in [2.45, 2.75) is 32.2 Å². The van der Waals surface area contributed by atoms with Crippen molar-refractivity contribution < 1.29 is 4.52 Å². The SMILES string of the molecule is Cc1cc(Br)ccc1-c1noc([C@H]2CCCCN2)n1. The molecule has 0 bridgehead atoms. The number of halogens is 1. The second-order valence-corrected chi connectivity index (χ2v) is 5.83. The fourth-order valence-electron chi connectivity index (χ4n) is 2.43. The van der Waals surface area contributed by atoms with Crippen LogP contribution in [0.4, 0.5) is 0 Å². The van der Waals surface area contributed by atoms with E-state index >= 15 is 0 Å². The number of nitrogens with zero attached hydrogens (tertiary/aromatic N) is 2. The molecule has 1 aliphatic rings. The van der Waals surface area contributed by atoms with E-state index in [0.29, 0.717) is 11.7 Å². The highest BCUT2D eigenvalue weighted by Gasteiger charge is 2.21. The Morgan fingerprint density at radius 3 is 3.00 bits per heavy atom. The summed E-state index contributed by atoms with van der Waals surface area (Å²) in [5, 5.41) is 7.53. The molecule has 1 atom stereocenters. The molecule has 1 N–H and O–H groups in total. The molecular formula is C14H16BrN3O. The summed E-state index contributed by atoms with van der Waals surface area (Å²) in [7, 11) is 0. The van der Waals surface area contributed by atoms with Gasteiger partial charge >= 0.3 is 0 Å². The number of aromatic nitrogens is 2. The van der Waals surface area contributed by atoms with Gasteiger partial charge in [-0.2, -0.15) is 4.98 Å². The lowest BCUT2D eigenvalue weighted by Gasteiger charge is -2.19. The molecule has 2 heterocycles. The number of hydrogen-bond donors (Lipinski definition) is 1. The Bertz CT molecular complexity index is 576. The number of nitrogens with one attached hydrogen (secondary N) is 1. The average molecular weight is 322 g/mol. The van der Waals surface area contributed by atoms with Crippen LogP contribution in [-0.4, -0.2) is 16.7 Å². The lowest BCUT2D eigenvalue weighted by atomic mass is 10.1. The third kappa shape index (κ3) is 2.72. The number of hydrogen-bond acceptors (Lipinski definition) is 4. The van der Waals surface area contributed by atoms with Gasteiger partial charge in [-0.25, -0.2) is 0 Å². The minimum Gasteiger partial charge on any atom is -0.337 e. The maximum atomic E-state index is 5.41. The molecule has 100 valence electrons. The zero-order chi connectivity index (χ0) is 13.2. The topological polar surface area (TPSA) is 51.0 Å². The summed E-state index contributed by atoms with van der Waals surface area (Å²) in [6.45, 7) is 3.08. The van der Waals surface area contributed by atoms with Gasteiger partial charge in [-0.15, -0.1) is 0 Å². The Kier molecular flexibility index (Phi) is 3.66. The predicted molar refractivity (Wildman–Crippen MR) is 76.8 cm³/mol. The highest BCUT2D eigenvalue weighted by atomic mass is 79.9. The van der Waals surface area contributed by atoms with Crippen LogP contribution in [0.25, 0.3) is 11.4 Å². The standard InChI is InChI=1S/C14H16BrN3O/c1-9-8-10(15)5-6-11(9)13-17-14(19-18-13)12-4-2-3-7-16-12/h5-6,8,12,16H,2-4,7H2,1H3/t12-/m1/s1. The smallest absolute Gasteiger partial charge is 0.244 e. The van der Waals surface area contributed by atoms with Gasteiger partial charge in [0.25, 0.3) is 0 Å². The van der Waals surface area contributed by atoms with E-state index in [-0.39, 0.29) is 6.04 Å². The van der Waals surface area contributed by atoms with E-state index < -0.39 is 0 Å². The molecule has 1 aromatic heterocycles. The molecule has 19 heavy (non-hydrogen) atoms. The van der Waals surface area contributed by atoms with E-state index in [4.69, 9.17) is 4.52 Å². The molecule has 5 heteroatoms. The van der Waals surface area contributed by atoms with Crippen LogP contribution in [0.15, 0.2) is 27.2 Å². The van der Waals surface area contributed by atoms with Gasteiger partial charge in [-0.05, 0) is 50.1 Å². The number of rotatable bonds is 2. The fraction of sp³-hybridized carbons (Fsp3) is 0.429. The van der Waals surface area contributed by atoms with E-state index in [0.717, 1.165) is 28.6 Å². The second kappa shape index (κ2) is 5.43. The normalized spacial score (nSPS) is 19.6. The fourth-order valence-corrected chi connectivity index (χ4v) is 2.90. The first kappa shape index (κ1) is 12.8. The van der Waals surface area contributed by atoms with Crippen LogP contribution >= 0.6 is 15.9 Å². The van der Waals surface area contributed by atoms with E-state index in [2.05, 4.69) is 44.4 Å². The summed E-state index contributed by atoms with van der Waals surface area (Å²) in [4.78, 5) is 4.54. The van der Waals surface area contributed by atoms with Gasteiger partial charge in [0, 0.05) is 10.0 Å². The molecule has 0 aliphatic carbocycles. The molecular weight excluding hydrogens is 306 g/mol. The Balaban J connectivity index is 1.87. The van der Waals surface area contributed by atoms with E-state index in [9.17, 15) is 0 Å². The van der Waals surface area contributed by atoms with Gasteiger partial charge in [0.05, 0.1) is 6.04 Å². The Hall–Kier alpha value is -1.20. The van der Waals surface area contributed by atoms with Gasteiger partial charge < -0.3 is 9.84 Å². The van der Waals surface area contributed by atoms with Crippen LogP contribution in [0, 0.1) is 6.92 Å². The molecule has 0 spiro atoms. The highest BCUT2D eigenvalue weighted by molar-refractivity contribution is 9.10. The van der Waals surface area contributed by atoms with Crippen molar-refractivity contribution >= 4 is 15.9 Å². The summed E-state index contributed by atoms with van der Waals surface area (Å²) in [6, 6.07) is 6.29. The Morgan fingerprint density at radius 1 is 1.37 bits per heavy atom. The maximum absolute atomic E-state index is 5.41. The van der Waals surface area contributed by atoms with Crippen LogP contribution in [0.1, 0.15) is 36.8 Å². The molecule has 1 saturated heterocycles. The van der Waals surface area contributed by atoms with Crippen molar-refractivity contribution in [3.05, 3.63) is 34.1 Å². The quantitative estimate of drug-likeness (QED) is 0.917. The molecule has 4 nitrogen and oxygen atoms in total. The van der Waals surface area contributed by atoms with Crippen molar-refractivity contribution in [3.8, 4) is 11.4 Å². The largest absolute Gasteiger partial charge is 0.337 e. The van der Waals surface area contributed by atoms with Crippen molar-refractivity contribution in [2.24, 2.45) is 0 Å². The van der Waals surface area contributed by atoms with Crippen molar-refractivity contribution in [1.29, 1.82) is 0 Å². The minimum atomic E-state index is 0.214. The van der Waals surface area contributed by atoms with Crippen LogP contribution < -0.4 is 5.32 Å². The van der Waals surface area contributed by atoms with Crippen molar-refractivity contribution in [1.82, 2.24) is 15.5 Å². The number of aryl methyl sites for hydroxylation is 1. The molecule has 0 amide bonds. The maximum Gasteiger partial charge on any atom is 0.244 e. The molecule has 3 rings (SSSR count). The predicted octanol–water partition coefficient (Wildman–Crippen LogP) is 3.62. The number of benzene rings is 1. The van der Waals surface area contributed by atoms with Gasteiger partial charge in [0.1, 0.15) is 0 Å². The molecule has 0 radical (unpaired) electrons. The van der Waals surface area contributed by atoms with Crippen LogP contribution in [-0.2, 0) is 0 Å². The van der Waals surface area contributed by atoms with E-state index in [1.165, 1.54) is 12.8 Å². The van der Waals surface area contributed by atoms with Gasteiger partial charge in [-0.1, -0.05) is 27.5 Å². The molecule has 1 aromatic carbocycles. The Morgan fingerprint density at radius 2 is 2.26 bits per heavy atom. The van der Waals surface area contributed by atoms with Crippen LogP contribution in [0.2, 0.25) is 0 Å². The average Bonchev–Trinajstić information content (AvgIpc) is 2.89. The molecule has 0 unspecified atom stereocenters. The molecule has 1 fully saturated rings. The van der Waals surface area contributed by atoms with E-state index in [1.54, 1.807) is 0 Å². The third-order valence-corrected chi connectivity index (χ3v) is 3.97. The monoisotopic (exact) mass is 321 g/mol. The first-order chi connectivity index (χ1) is 9.24. The van der Waals surface area contributed by atoms with Crippen molar-refractivity contribution in [2.75, 3.05) is 6.54 Å². The summed E-state index contributed by atoms with van der Waals surface area (Å²) >= 11 is 3.46. The first-order valence-electron chi connectivity index (χ1n) is 6.57. The van der Waals surface area contributed by atoms with Gasteiger partial charge in [-0.3, -0.25) is 0 Å². The first-order valence-corrected chi connectivity index (χ1v) is 7.37. The summed E-state index contributed by atoms with van der Waals surface area (Å²) in [5.74, 6) is 1.38. The zero-order valence-electron chi connectivity index (χ0n) is 10.8.